The molecule has 2 heterocycles. The predicted octanol–water partition coefficient (Wildman–Crippen LogP) is 13.4. The Hall–Kier alpha value is -7.43. The van der Waals surface area contributed by atoms with E-state index in [-0.39, 0.29) is 0 Å². The monoisotopic (exact) mass is 703 g/mol. The Morgan fingerprint density at radius 1 is 0.255 bits per heavy atom. The molecule has 258 valence electrons. The van der Waals surface area contributed by atoms with Gasteiger partial charge >= 0.3 is 0 Å². The van der Waals surface area contributed by atoms with Crippen molar-refractivity contribution in [2.45, 2.75) is 0 Å². The fourth-order valence-corrected chi connectivity index (χ4v) is 7.43. The molecule has 8 aromatic carbocycles. The van der Waals surface area contributed by atoms with Gasteiger partial charge in [-0.25, -0.2) is 15.0 Å². The molecule has 0 saturated carbocycles. The van der Waals surface area contributed by atoms with E-state index in [1.54, 1.807) is 0 Å². The van der Waals surface area contributed by atoms with Crippen molar-refractivity contribution in [3.63, 3.8) is 0 Å². The van der Waals surface area contributed by atoms with Gasteiger partial charge in [-0.2, -0.15) is 0 Å². The Morgan fingerprint density at radius 2 is 0.618 bits per heavy atom. The van der Waals surface area contributed by atoms with Gasteiger partial charge < -0.3 is 4.42 Å². The summed E-state index contributed by atoms with van der Waals surface area (Å²) in [5.74, 6) is 1.79. The predicted molar refractivity (Wildman–Crippen MR) is 225 cm³/mol. The van der Waals surface area contributed by atoms with Crippen LogP contribution in [0.25, 0.3) is 101 Å². The summed E-state index contributed by atoms with van der Waals surface area (Å²) in [5.41, 5.74) is 13.4. The molecule has 0 aliphatic rings. The Bertz CT molecular complexity index is 2840. The highest BCUT2D eigenvalue weighted by atomic mass is 16.3. The quantitative estimate of drug-likeness (QED) is 0.166. The Morgan fingerprint density at radius 3 is 1.15 bits per heavy atom. The zero-order valence-corrected chi connectivity index (χ0v) is 29.8. The molecule has 0 amide bonds. The maximum atomic E-state index is 6.56. The first-order chi connectivity index (χ1) is 27.2. The first-order valence-electron chi connectivity index (χ1n) is 18.4. The standard InChI is InChI=1S/C51H33N3O/c1-4-13-34(14-5-1)37-25-29-39(30-26-37)49-52-50(40-31-27-38(28-32-40)35-15-6-2-7-16-35)54-51(53-49)44-22-12-24-46-48(44)47-43(21-11-23-45(47)55-46)42-20-10-19-41(33-42)36-17-8-3-9-18-36/h1-33H. The third-order valence-electron chi connectivity index (χ3n) is 10.2. The lowest BCUT2D eigenvalue weighted by atomic mass is 9.94. The molecule has 0 spiro atoms. The van der Waals surface area contributed by atoms with E-state index < -0.39 is 0 Å². The maximum absolute atomic E-state index is 6.56. The summed E-state index contributed by atoms with van der Waals surface area (Å²) >= 11 is 0. The van der Waals surface area contributed by atoms with Crippen molar-refractivity contribution >= 4 is 21.9 Å². The summed E-state index contributed by atoms with van der Waals surface area (Å²) in [6, 6.07) is 69.2. The fourth-order valence-electron chi connectivity index (χ4n) is 7.43. The minimum atomic E-state index is 0.584. The second-order valence-electron chi connectivity index (χ2n) is 13.6. The highest BCUT2D eigenvalue weighted by Crippen LogP contribution is 2.42. The van der Waals surface area contributed by atoms with Gasteiger partial charge in [-0.05, 0) is 62.7 Å². The van der Waals surface area contributed by atoms with Crippen molar-refractivity contribution in [3.8, 4) is 78.7 Å². The van der Waals surface area contributed by atoms with E-state index in [2.05, 4.69) is 164 Å². The topological polar surface area (TPSA) is 51.8 Å². The summed E-state index contributed by atoms with van der Waals surface area (Å²) in [4.78, 5) is 15.5. The molecule has 0 atom stereocenters. The zero-order chi connectivity index (χ0) is 36.6. The first kappa shape index (κ1) is 32.2. The van der Waals surface area contributed by atoms with Crippen molar-refractivity contribution in [2.24, 2.45) is 0 Å². The van der Waals surface area contributed by atoms with Crippen LogP contribution >= 0.6 is 0 Å². The van der Waals surface area contributed by atoms with Crippen LogP contribution in [-0.2, 0) is 0 Å². The van der Waals surface area contributed by atoms with Crippen LogP contribution in [0.3, 0.4) is 0 Å². The lowest BCUT2D eigenvalue weighted by molar-refractivity contribution is 0.669. The van der Waals surface area contributed by atoms with Gasteiger partial charge in [0.15, 0.2) is 17.5 Å². The average molecular weight is 704 g/mol. The lowest BCUT2D eigenvalue weighted by Gasteiger charge is -2.11. The number of rotatable bonds is 7. The van der Waals surface area contributed by atoms with Crippen LogP contribution in [0.5, 0.6) is 0 Å². The fraction of sp³-hybridized carbons (Fsp3) is 0. The number of hydrogen-bond donors (Lipinski definition) is 0. The number of benzene rings is 8. The molecule has 2 aromatic heterocycles. The third-order valence-corrected chi connectivity index (χ3v) is 10.2. The molecule has 0 saturated heterocycles. The molecule has 55 heavy (non-hydrogen) atoms. The van der Waals surface area contributed by atoms with E-state index in [1.165, 1.54) is 5.56 Å². The van der Waals surface area contributed by atoms with Gasteiger partial charge in [-0.15, -0.1) is 0 Å². The second-order valence-corrected chi connectivity index (χ2v) is 13.6. The van der Waals surface area contributed by atoms with Crippen molar-refractivity contribution in [2.75, 3.05) is 0 Å². The third kappa shape index (κ3) is 6.16. The summed E-state index contributed by atoms with van der Waals surface area (Å²) in [6.07, 6.45) is 0. The molecule has 0 unspecified atom stereocenters. The number of aromatic nitrogens is 3. The molecular formula is C51H33N3O. The van der Waals surface area contributed by atoms with Gasteiger partial charge in [-0.3, -0.25) is 0 Å². The molecule has 0 bridgehead atoms. The van der Waals surface area contributed by atoms with Gasteiger partial charge in [-0.1, -0.05) is 182 Å². The Balaban J connectivity index is 1.15. The first-order valence-corrected chi connectivity index (χ1v) is 18.4. The van der Waals surface area contributed by atoms with E-state index in [1.807, 2.05) is 36.4 Å². The Kier molecular flexibility index (Phi) is 8.12. The minimum absolute atomic E-state index is 0.584. The van der Waals surface area contributed by atoms with Crippen LogP contribution in [0, 0.1) is 0 Å². The summed E-state index contributed by atoms with van der Waals surface area (Å²) in [6.45, 7) is 0. The number of furan rings is 1. The molecule has 0 radical (unpaired) electrons. The van der Waals surface area contributed by atoms with Crippen LogP contribution in [0.1, 0.15) is 0 Å². The normalized spacial score (nSPS) is 11.3. The van der Waals surface area contributed by atoms with Crippen LogP contribution in [-0.4, -0.2) is 15.0 Å². The second kappa shape index (κ2) is 13.8. The van der Waals surface area contributed by atoms with Gasteiger partial charge in [0.25, 0.3) is 0 Å². The maximum Gasteiger partial charge on any atom is 0.164 e. The van der Waals surface area contributed by atoms with Gasteiger partial charge in [0.1, 0.15) is 11.2 Å². The van der Waals surface area contributed by atoms with Crippen molar-refractivity contribution in [1.82, 2.24) is 15.0 Å². The number of nitrogens with zero attached hydrogens (tertiary/aromatic N) is 3. The van der Waals surface area contributed by atoms with E-state index in [4.69, 9.17) is 19.4 Å². The van der Waals surface area contributed by atoms with E-state index >= 15 is 0 Å². The summed E-state index contributed by atoms with van der Waals surface area (Å²) < 4.78 is 6.56. The minimum Gasteiger partial charge on any atom is -0.456 e. The molecule has 10 rings (SSSR count). The molecule has 0 aliphatic carbocycles. The molecule has 0 aliphatic heterocycles. The van der Waals surface area contributed by atoms with Crippen LogP contribution in [0.2, 0.25) is 0 Å². The van der Waals surface area contributed by atoms with Crippen LogP contribution in [0.4, 0.5) is 0 Å². The molecule has 4 heteroatoms. The Labute approximate surface area is 319 Å². The van der Waals surface area contributed by atoms with Gasteiger partial charge in [0.05, 0.1) is 0 Å². The highest BCUT2D eigenvalue weighted by Gasteiger charge is 2.20. The van der Waals surface area contributed by atoms with E-state index in [9.17, 15) is 0 Å². The van der Waals surface area contributed by atoms with Crippen molar-refractivity contribution in [3.05, 3.63) is 200 Å². The molecule has 10 aromatic rings. The van der Waals surface area contributed by atoms with E-state index in [0.717, 1.165) is 77.6 Å². The van der Waals surface area contributed by atoms with Crippen molar-refractivity contribution in [1.29, 1.82) is 0 Å². The van der Waals surface area contributed by atoms with Crippen molar-refractivity contribution < 1.29 is 4.42 Å². The molecule has 4 nitrogen and oxygen atoms in total. The SMILES string of the molecule is c1ccc(-c2ccc(-c3nc(-c4ccc(-c5ccccc5)cc4)nc(-c4cccc5oc6cccc(-c7cccc(-c8ccccc8)c7)c6c45)n3)cc2)cc1. The van der Waals surface area contributed by atoms with Gasteiger partial charge in [0, 0.05) is 27.5 Å². The summed E-state index contributed by atoms with van der Waals surface area (Å²) in [7, 11) is 0. The largest absolute Gasteiger partial charge is 0.456 e. The molecular weight excluding hydrogens is 671 g/mol. The smallest absolute Gasteiger partial charge is 0.164 e. The van der Waals surface area contributed by atoms with Gasteiger partial charge in [0.2, 0.25) is 0 Å². The average Bonchev–Trinajstić information content (AvgIpc) is 3.67. The highest BCUT2D eigenvalue weighted by molar-refractivity contribution is 6.17. The van der Waals surface area contributed by atoms with Crippen LogP contribution < -0.4 is 0 Å². The molecule has 0 fully saturated rings. The molecule has 0 N–H and O–H groups in total. The summed E-state index contributed by atoms with van der Waals surface area (Å²) in [5, 5.41) is 2.00. The van der Waals surface area contributed by atoms with E-state index in [0.29, 0.717) is 17.5 Å². The number of hydrogen-bond acceptors (Lipinski definition) is 4. The number of fused-ring (bicyclic) bond motifs is 3. The lowest BCUT2D eigenvalue weighted by Crippen LogP contribution is -2.00. The van der Waals surface area contributed by atoms with Crippen LogP contribution in [0.15, 0.2) is 205 Å². The zero-order valence-electron chi connectivity index (χ0n) is 29.8.